The molecular weight excluding hydrogens is 150 g/mol. The van der Waals surface area contributed by atoms with Gasteiger partial charge in [-0.25, -0.2) is 0 Å². The molecule has 1 aromatic rings. The Morgan fingerprint density at radius 3 is 2.70 bits per heavy atom. The second-order valence-electron chi connectivity index (χ2n) is 1.94. The number of rotatable bonds is 1. The first-order valence-electron chi connectivity index (χ1n) is 2.91. The van der Waals surface area contributed by atoms with E-state index in [4.69, 9.17) is 11.6 Å². The van der Waals surface area contributed by atoms with Crippen LogP contribution in [0.4, 0.5) is 5.69 Å². The van der Waals surface area contributed by atoms with Gasteiger partial charge in [-0.1, -0.05) is 11.6 Å². The van der Waals surface area contributed by atoms with E-state index >= 15 is 0 Å². The third-order valence-corrected chi connectivity index (χ3v) is 1.42. The number of halogens is 1. The Morgan fingerprint density at radius 2 is 2.20 bits per heavy atom. The number of nitrogens with zero attached hydrogens (tertiary/aromatic N) is 2. The minimum atomic E-state index is 0.410. The quantitative estimate of drug-likeness (QED) is 0.671. The molecule has 0 atom stereocenters. The fraction of sp³-hybridized carbons (Fsp3) is 0.333. The molecule has 10 heavy (non-hydrogen) atoms. The van der Waals surface area contributed by atoms with Crippen LogP contribution in [0.25, 0.3) is 0 Å². The Balaban J connectivity index is 3.09. The lowest BCUT2D eigenvalue weighted by atomic mass is 10.4. The summed E-state index contributed by atoms with van der Waals surface area (Å²) in [6, 6.07) is 1.84. The van der Waals surface area contributed by atoms with Crippen LogP contribution in [0.5, 0.6) is 0 Å². The van der Waals surface area contributed by atoms with E-state index in [0.717, 1.165) is 11.4 Å². The lowest BCUT2D eigenvalue weighted by Gasteiger charge is -2.00. The molecule has 1 heterocycles. The zero-order chi connectivity index (χ0) is 7.56. The Morgan fingerprint density at radius 1 is 1.50 bits per heavy atom. The summed E-state index contributed by atoms with van der Waals surface area (Å²) < 4.78 is 0. The van der Waals surface area contributed by atoms with Gasteiger partial charge in [0, 0.05) is 7.05 Å². The molecular formula is C6H8ClN3. The molecule has 0 aromatic carbocycles. The summed E-state index contributed by atoms with van der Waals surface area (Å²) in [4.78, 5) is 0. The molecule has 4 heteroatoms. The topological polar surface area (TPSA) is 37.8 Å². The highest BCUT2D eigenvalue weighted by molar-refractivity contribution is 6.31. The number of hydrogen-bond acceptors (Lipinski definition) is 3. The van der Waals surface area contributed by atoms with E-state index in [-0.39, 0.29) is 0 Å². The minimum Gasteiger partial charge on any atom is -0.386 e. The summed E-state index contributed by atoms with van der Waals surface area (Å²) in [5, 5.41) is 10.8. The molecule has 0 saturated heterocycles. The van der Waals surface area contributed by atoms with Gasteiger partial charge < -0.3 is 5.32 Å². The average Bonchev–Trinajstić information content (AvgIpc) is 1.94. The summed E-state index contributed by atoms with van der Waals surface area (Å²) in [5.74, 6) is 0. The van der Waals surface area contributed by atoms with Gasteiger partial charge in [0.05, 0.1) is 11.4 Å². The number of aryl methyl sites for hydroxylation is 1. The van der Waals surface area contributed by atoms with Gasteiger partial charge in [-0.15, -0.1) is 5.10 Å². The predicted octanol–water partition coefficient (Wildman–Crippen LogP) is 1.48. The standard InChI is InChI=1S/C6H8ClN3/c1-4-3-5(8-2)6(7)10-9-4/h3H,1-2H3,(H,8,9). The van der Waals surface area contributed by atoms with Crippen LogP contribution in [0, 0.1) is 6.92 Å². The van der Waals surface area contributed by atoms with Crippen molar-refractivity contribution in [2.24, 2.45) is 0 Å². The van der Waals surface area contributed by atoms with Crippen molar-refractivity contribution < 1.29 is 0 Å². The van der Waals surface area contributed by atoms with E-state index in [9.17, 15) is 0 Å². The number of hydrogen-bond donors (Lipinski definition) is 1. The van der Waals surface area contributed by atoms with Crippen molar-refractivity contribution in [1.29, 1.82) is 0 Å². The van der Waals surface area contributed by atoms with Gasteiger partial charge in [0.2, 0.25) is 0 Å². The van der Waals surface area contributed by atoms with Gasteiger partial charge >= 0.3 is 0 Å². The van der Waals surface area contributed by atoms with Crippen LogP contribution in [0.2, 0.25) is 5.15 Å². The average molecular weight is 158 g/mol. The second kappa shape index (κ2) is 2.84. The van der Waals surface area contributed by atoms with Crippen LogP contribution in [0.3, 0.4) is 0 Å². The van der Waals surface area contributed by atoms with Gasteiger partial charge in [0.25, 0.3) is 0 Å². The minimum absolute atomic E-state index is 0.410. The molecule has 0 amide bonds. The highest BCUT2D eigenvalue weighted by Gasteiger charge is 1.98. The van der Waals surface area contributed by atoms with Crippen LogP contribution in [-0.4, -0.2) is 17.2 Å². The third-order valence-electron chi connectivity index (χ3n) is 1.14. The highest BCUT2D eigenvalue weighted by Crippen LogP contribution is 2.16. The molecule has 0 aliphatic rings. The van der Waals surface area contributed by atoms with Crippen molar-refractivity contribution in [2.45, 2.75) is 6.92 Å². The first kappa shape index (κ1) is 7.28. The summed E-state index contributed by atoms with van der Waals surface area (Å²) in [6.07, 6.45) is 0. The van der Waals surface area contributed by atoms with E-state index in [1.165, 1.54) is 0 Å². The van der Waals surface area contributed by atoms with E-state index in [2.05, 4.69) is 15.5 Å². The number of nitrogens with one attached hydrogen (secondary N) is 1. The first-order valence-corrected chi connectivity index (χ1v) is 3.29. The molecule has 54 valence electrons. The molecule has 1 rings (SSSR count). The third kappa shape index (κ3) is 1.36. The number of anilines is 1. The van der Waals surface area contributed by atoms with E-state index in [0.29, 0.717) is 5.15 Å². The molecule has 0 fully saturated rings. The second-order valence-corrected chi connectivity index (χ2v) is 2.30. The molecule has 0 aliphatic carbocycles. The van der Waals surface area contributed by atoms with Crippen LogP contribution in [-0.2, 0) is 0 Å². The van der Waals surface area contributed by atoms with Gasteiger partial charge in [-0.05, 0) is 13.0 Å². The van der Waals surface area contributed by atoms with Crippen LogP contribution >= 0.6 is 11.6 Å². The zero-order valence-electron chi connectivity index (χ0n) is 5.85. The Bertz CT molecular complexity index is 236. The molecule has 0 unspecified atom stereocenters. The van der Waals surface area contributed by atoms with Gasteiger partial charge in [0.1, 0.15) is 0 Å². The maximum atomic E-state index is 5.66. The Hall–Kier alpha value is -0.830. The lowest BCUT2D eigenvalue weighted by Crippen LogP contribution is -1.94. The fourth-order valence-corrected chi connectivity index (χ4v) is 0.836. The molecule has 0 aliphatic heterocycles. The van der Waals surface area contributed by atoms with E-state index < -0.39 is 0 Å². The van der Waals surface area contributed by atoms with Crippen molar-refractivity contribution >= 4 is 17.3 Å². The first-order chi connectivity index (χ1) is 4.74. The van der Waals surface area contributed by atoms with E-state index in [1.54, 1.807) is 7.05 Å². The summed E-state index contributed by atoms with van der Waals surface area (Å²) in [6.45, 7) is 1.87. The molecule has 0 bridgehead atoms. The Kier molecular flexibility index (Phi) is 2.06. The van der Waals surface area contributed by atoms with Gasteiger partial charge in [-0.3, -0.25) is 0 Å². The molecule has 0 saturated carbocycles. The van der Waals surface area contributed by atoms with Crippen molar-refractivity contribution in [3.05, 3.63) is 16.9 Å². The summed E-state index contributed by atoms with van der Waals surface area (Å²) in [7, 11) is 1.79. The predicted molar refractivity (Wildman–Crippen MR) is 41.3 cm³/mol. The normalized spacial score (nSPS) is 9.50. The number of aromatic nitrogens is 2. The fourth-order valence-electron chi connectivity index (χ4n) is 0.649. The van der Waals surface area contributed by atoms with Crippen molar-refractivity contribution in [3.63, 3.8) is 0 Å². The van der Waals surface area contributed by atoms with Gasteiger partial charge in [-0.2, -0.15) is 5.10 Å². The molecule has 1 N–H and O–H groups in total. The molecule has 0 spiro atoms. The van der Waals surface area contributed by atoms with Crippen molar-refractivity contribution in [1.82, 2.24) is 10.2 Å². The van der Waals surface area contributed by atoms with Crippen LogP contribution in [0.15, 0.2) is 6.07 Å². The summed E-state index contributed by atoms with van der Waals surface area (Å²) in [5.41, 5.74) is 1.67. The zero-order valence-corrected chi connectivity index (χ0v) is 6.61. The smallest absolute Gasteiger partial charge is 0.174 e. The van der Waals surface area contributed by atoms with Crippen molar-refractivity contribution in [3.8, 4) is 0 Å². The maximum absolute atomic E-state index is 5.66. The monoisotopic (exact) mass is 157 g/mol. The largest absolute Gasteiger partial charge is 0.386 e. The lowest BCUT2D eigenvalue weighted by molar-refractivity contribution is 0.982. The van der Waals surface area contributed by atoms with Gasteiger partial charge in [0.15, 0.2) is 5.15 Å². The molecule has 0 radical (unpaired) electrons. The summed E-state index contributed by atoms with van der Waals surface area (Å²) >= 11 is 5.66. The SMILES string of the molecule is CNc1cc(C)nnc1Cl. The maximum Gasteiger partial charge on any atom is 0.174 e. The molecule has 3 nitrogen and oxygen atoms in total. The highest BCUT2D eigenvalue weighted by atomic mass is 35.5. The van der Waals surface area contributed by atoms with Crippen LogP contribution in [0.1, 0.15) is 5.69 Å². The van der Waals surface area contributed by atoms with Crippen molar-refractivity contribution in [2.75, 3.05) is 12.4 Å². The van der Waals surface area contributed by atoms with E-state index in [1.807, 2.05) is 13.0 Å². The Labute approximate surface area is 64.4 Å². The van der Waals surface area contributed by atoms with Crippen LogP contribution < -0.4 is 5.32 Å². The molecule has 1 aromatic heterocycles.